The molecular weight excluding hydrogens is 148 g/mol. The maximum Gasteiger partial charge on any atom is 0.00104 e. The number of rotatable bonds is 3. The smallest absolute Gasteiger partial charge is 0.00104 e. The zero-order valence-electron chi connectivity index (χ0n) is 6.64. The predicted octanol–water partition coefficient (Wildman–Crippen LogP) is 1.96. The summed E-state index contributed by atoms with van der Waals surface area (Å²) in [5.41, 5.74) is 0.968. The summed E-state index contributed by atoms with van der Waals surface area (Å²) in [6.07, 6.45) is 1.42. The number of hydrogen-bond donors (Lipinski definition) is 0. The first-order valence-corrected chi connectivity index (χ1v) is 4.48. The Labute approximate surface area is 64.6 Å². The predicted molar refractivity (Wildman–Crippen MR) is 42.2 cm³/mol. The molecule has 1 unspecified atom stereocenters. The molecule has 1 atom stereocenters. The summed E-state index contributed by atoms with van der Waals surface area (Å²) >= 11 is -2.00. The van der Waals surface area contributed by atoms with Crippen molar-refractivity contribution in [2.24, 2.45) is 0 Å². The number of allylic oxidation sites excluding steroid dienone is 2. The molecule has 0 aromatic heterocycles. The molecule has 0 bridgehead atoms. The van der Waals surface area contributed by atoms with E-state index in [-0.39, 0.29) is 0 Å². The van der Waals surface area contributed by atoms with E-state index in [0.717, 1.165) is 12.0 Å². The molecule has 0 aliphatic heterocycles. The summed E-state index contributed by atoms with van der Waals surface area (Å²) in [6.45, 7) is 5.66. The average molecular weight is 161 g/mol. The van der Waals surface area contributed by atoms with E-state index in [1.165, 1.54) is 0 Å². The highest BCUT2D eigenvalue weighted by atomic mass is 32.2. The molecular formula is C7H13O2S-. The first-order chi connectivity index (χ1) is 4.63. The zero-order chi connectivity index (χ0) is 8.15. The van der Waals surface area contributed by atoms with Gasteiger partial charge in [0, 0.05) is 4.91 Å². The normalized spacial score (nSPS) is 16.4. The maximum atomic E-state index is 10.5. The van der Waals surface area contributed by atoms with Crippen LogP contribution in [0.5, 0.6) is 0 Å². The quantitative estimate of drug-likeness (QED) is 0.593. The first-order valence-electron chi connectivity index (χ1n) is 3.41. The third kappa shape index (κ3) is 2.62. The molecule has 0 fully saturated rings. The lowest BCUT2D eigenvalue weighted by molar-refractivity contribution is 0.541. The fourth-order valence-electron chi connectivity index (χ4n) is 0.759. The van der Waals surface area contributed by atoms with Crippen LogP contribution in [0, 0.1) is 0 Å². The Morgan fingerprint density at radius 3 is 2.00 bits per heavy atom. The molecule has 0 rings (SSSR count). The van der Waals surface area contributed by atoms with Gasteiger partial charge in [-0.2, -0.15) is 0 Å². The Morgan fingerprint density at radius 2 is 1.90 bits per heavy atom. The Hall–Kier alpha value is -0.150. The van der Waals surface area contributed by atoms with Crippen LogP contribution in [0.4, 0.5) is 0 Å². The second-order valence-electron chi connectivity index (χ2n) is 2.15. The van der Waals surface area contributed by atoms with E-state index in [0.29, 0.717) is 11.3 Å². The fraction of sp³-hybridized carbons (Fsp3) is 0.714. The topological polar surface area (TPSA) is 40.1 Å². The highest BCUT2D eigenvalue weighted by Crippen LogP contribution is 2.13. The van der Waals surface area contributed by atoms with Crippen LogP contribution < -0.4 is 0 Å². The van der Waals surface area contributed by atoms with Crippen molar-refractivity contribution in [2.45, 2.75) is 33.6 Å². The summed E-state index contributed by atoms with van der Waals surface area (Å²) in [7, 11) is 0. The molecule has 0 amide bonds. The van der Waals surface area contributed by atoms with Crippen LogP contribution in [0.1, 0.15) is 33.6 Å². The highest BCUT2D eigenvalue weighted by molar-refractivity contribution is 7.83. The van der Waals surface area contributed by atoms with Crippen LogP contribution in [-0.4, -0.2) is 8.76 Å². The lowest BCUT2D eigenvalue weighted by Gasteiger charge is -2.11. The fourth-order valence-corrected chi connectivity index (χ4v) is 1.42. The van der Waals surface area contributed by atoms with Crippen LogP contribution in [-0.2, 0) is 11.1 Å². The zero-order valence-corrected chi connectivity index (χ0v) is 7.46. The minimum atomic E-state index is -2.00. The van der Waals surface area contributed by atoms with E-state index in [9.17, 15) is 8.76 Å². The summed E-state index contributed by atoms with van der Waals surface area (Å²) in [5.74, 6) is 0. The standard InChI is InChI=1S/C7H14O2S/c1-4-6(3)7(5-2)10(8)9/h4-5H2,1-3H3,(H,8,9)/p-1/b7-6+. The van der Waals surface area contributed by atoms with Crippen molar-refractivity contribution in [3.05, 3.63) is 10.5 Å². The SMILES string of the molecule is CC/C(C)=C(\CC)S(=O)[O-]. The van der Waals surface area contributed by atoms with Crippen molar-refractivity contribution < 1.29 is 8.76 Å². The van der Waals surface area contributed by atoms with Gasteiger partial charge in [-0.3, -0.25) is 4.21 Å². The monoisotopic (exact) mass is 161 g/mol. The largest absolute Gasteiger partial charge is 0.769 e. The Morgan fingerprint density at radius 1 is 1.40 bits per heavy atom. The Bertz CT molecular complexity index is 161. The van der Waals surface area contributed by atoms with Gasteiger partial charge in [-0.1, -0.05) is 19.4 Å². The van der Waals surface area contributed by atoms with Crippen LogP contribution >= 0.6 is 0 Å². The summed E-state index contributed by atoms with van der Waals surface area (Å²) in [4.78, 5) is 0.558. The molecule has 0 aliphatic carbocycles. The van der Waals surface area contributed by atoms with Gasteiger partial charge in [0.05, 0.1) is 0 Å². The van der Waals surface area contributed by atoms with Gasteiger partial charge in [0.1, 0.15) is 0 Å². The molecule has 0 saturated heterocycles. The van der Waals surface area contributed by atoms with E-state index in [1.54, 1.807) is 0 Å². The van der Waals surface area contributed by atoms with Gasteiger partial charge < -0.3 is 4.55 Å². The molecule has 0 heterocycles. The molecule has 3 heteroatoms. The third-order valence-corrected chi connectivity index (χ3v) is 2.57. The molecule has 60 valence electrons. The first kappa shape index (κ1) is 9.85. The van der Waals surface area contributed by atoms with Crippen molar-refractivity contribution in [2.75, 3.05) is 0 Å². The van der Waals surface area contributed by atoms with E-state index in [4.69, 9.17) is 0 Å². The van der Waals surface area contributed by atoms with Gasteiger partial charge in [-0.15, -0.1) is 0 Å². The second-order valence-corrected chi connectivity index (χ2v) is 3.11. The molecule has 0 N–H and O–H groups in total. The van der Waals surface area contributed by atoms with E-state index < -0.39 is 11.1 Å². The lowest BCUT2D eigenvalue weighted by Crippen LogP contribution is -1.95. The molecule has 0 aliphatic rings. The molecule has 2 nitrogen and oxygen atoms in total. The molecule has 0 aromatic rings. The molecule has 0 spiro atoms. The van der Waals surface area contributed by atoms with E-state index in [2.05, 4.69) is 0 Å². The Balaban J connectivity index is 4.45. The molecule has 0 radical (unpaired) electrons. The van der Waals surface area contributed by atoms with Crippen LogP contribution in [0.2, 0.25) is 0 Å². The van der Waals surface area contributed by atoms with Crippen LogP contribution in [0.3, 0.4) is 0 Å². The second kappa shape index (κ2) is 4.63. The van der Waals surface area contributed by atoms with Gasteiger partial charge in [-0.25, -0.2) is 0 Å². The van der Waals surface area contributed by atoms with Crippen LogP contribution in [0.25, 0.3) is 0 Å². The Kier molecular flexibility index (Phi) is 4.56. The molecule has 0 aromatic carbocycles. The third-order valence-electron chi connectivity index (χ3n) is 1.53. The van der Waals surface area contributed by atoms with Gasteiger partial charge in [-0.05, 0) is 30.8 Å². The van der Waals surface area contributed by atoms with E-state index >= 15 is 0 Å². The van der Waals surface area contributed by atoms with Crippen molar-refractivity contribution in [3.63, 3.8) is 0 Å². The van der Waals surface area contributed by atoms with Crippen LogP contribution in [0.15, 0.2) is 10.5 Å². The summed E-state index contributed by atoms with van der Waals surface area (Å²) in [5, 5.41) is 0. The maximum absolute atomic E-state index is 10.5. The van der Waals surface area contributed by atoms with Gasteiger partial charge in [0.2, 0.25) is 0 Å². The molecule has 0 saturated carbocycles. The lowest BCUT2D eigenvalue weighted by atomic mass is 10.2. The van der Waals surface area contributed by atoms with Crippen molar-refractivity contribution in [1.29, 1.82) is 0 Å². The van der Waals surface area contributed by atoms with Gasteiger partial charge in [0.15, 0.2) is 0 Å². The minimum Gasteiger partial charge on any atom is -0.769 e. The molecule has 10 heavy (non-hydrogen) atoms. The summed E-state index contributed by atoms with van der Waals surface area (Å²) in [6, 6.07) is 0. The van der Waals surface area contributed by atoms with Crippen molar-refractivity contribution in [3.8, 4) is 0 Å². The van der Waals surface area contributed by atoms with Gasteiger partial charge in [0.25, 0.3) is 0 Å². The van der Waals surface area contributed by atoms with Crippen molar-refractivity contribution >= 4 is 11.1 Å². The van der Waals surface area contributed by atoms with Gasteiger partial charge >= 0.3 is 0 Å². The minimum absolute atomic E-state index is 0.558. The average Bonchev–Trinajstić information content (AvgIpc) is 1.88. The van der Waals surface area contributed by atoms with Crippen molar-refractivity contribution in [1.82, 2.24) is 0 Å². The van der Waals surface area contributed by atoms with E-state index in [1.807, 2.05) is 20.8 Å². The number of hydrogen-bond acceptors (Lipinski definition) is 2. The highest BCUT2D eigenvalue weighted by Gasteiger charge is 1.97. The summed E-state index contributed by atoms with van der Waals surface area (Å²) < 4.78 is 20.9.